The van der Waals surface area contributed by atoms with Gasteiger partial charge >= 0.3 is 6.03 Å². The van der Waals surface area contributed by atoms with Crippen LogP contribution in [0.25, 0.3) is 6.08 Å². The van der Waals surface area contributed by atoms with Crippen LogP contribution in [0.15, 0.2) is 53.3 Å². The van der Waals surface area contributed by atoms with Crippen molar-refractivity contribution in [3.63, 3.8) is 0 Å². The normalized spacial score (nSPS) is 10.6. The molecule has 0 saturated carbocycles. The maximum Gasteiger partial charge on any atom is 0.319 e. The molecule has 2 aromatic rings. The first-order valence-electron chi connectivity index (χ1n) is 5.73. The van der Waals surface area contributed by atoms with Crippen LogP contribution in [-0.4, -0.2) is 6.03 Å². The van der Waals surface area contributed by atoms with Gasteiger partial charge in [-0.2, -0.15) is 0 Å². The first kappa shape index (κ1) is 12.9. The van der Waals surface area contributed by atoms with Gasteiger partial charge in [0.15, 0.2) is 0 Å². The standard InChI is InChI=1S/C14H13FN2O2/c15-12-4-1-3-11(9-12)6-7-16-14(18)17-10-13-5-2-8-19-13/h1-9H,10H2,(H2,16,17,18)/b7-6+. The van der Waals surface area contributed by atoms with E-state index in [1.54, 1.807) is 36.6 Å². The maximum absolute atomic E-state index is 12.9. The van der Waals surface area contributed by atoms with Crippen LogP contribution < -0.4 is 10.6 Å². The van der Waals surface area contributed by atoms with Gasteiger partial charge in [0, 0.05) is 6.20 Å². The average Bonchev–Trinajstić information content (AvgIpc) is 2.89. The van der Waals surface area contributed by atoms with Crippen molar-refractivity contribution in [2.45, 2.75) is 6.54 Å². The number of urea groups is 1. The van der Waals surface area contributed by atoms with Gasteiger partial charge in [0.2, 0.25) is 0 Å². The first-order valence-corrected chi connectivity index (χ1v) is 5.73. The predicted molar refractivity (Wildman–Crippen MR) is 69.5 cm³/mol. The second-order valence-electron chi connectivity index (χ2n) is 3.79. The van der Waals surface area contributed by atoms with Crippen molar-refractivity contribution in [1.82, 2.24) is 10.6 Å². The van der Waals surface area contributed by atoms with E-state index < -0.39 is 0 Å². The minimum Gasteiger partial charge on any atom is -0.467 e. The molecule has 98 valence electrons. The molecule has 0 bridgehead atoms. The summed E-state index contributed by atoms with van der Waals surface area (Å²) in [5.74, 6) is 0.355. The topological polar surface area (TPSA) is 54.3 Å². The highest BCUT2D eigenvalue weighted by Crippen LogP contribution is 2.04. The summed E-state index contributed by atoms with van der Waals surface area (Å²) in [6.07, 6.45) is 4.60. The van der Waals surface area contributed by atoms with E-state index in [0.29, 0.717) is 17.9 Å². The van der Waals surface area contributed by atoms with Crippen LogP contribution in [-0.2, 0) is 6.54 Å². The summed E-state index contributed by atoms with van der Waals surface area (Å²) in [4.78, 5) is 11.4. The summed E-state index contributed by atoms with van der Waals surface area (Å²) in [5, 5.41) is 5.13. The number of benzene rings is 1. The molecule has 1 aromatic carbocycles. The van der Waals surface area contributed by atoms with Gasteiger partial charge in [0.25, 0.3) is 0 Å². The third kappa shape index (κ3) is 4.31. The zero-order chi connectivity index (χ0) is 13.5. The van der Waals surface area contributed by atoms with Crippen molar-refractivity contribution in [3.8, 4) is 0 Å². The van der Waals surface area contributed by atoms with Gasteiger partial charge in [-0.3, -0.25) is 0 Å². The fourth-order valence-electron chi connectivity index (χ4n) is 1.46. The Labute approximate surface area is 109 Å². The molecule has 0 spiro atoms. The maximum atomic E-state index is 12.9. The highest BCUT2D eigenvalue weighted by molar-refractivity contribution is 5.75. The van der Waals surface area contributed by atoms with E-state index in [1.807, 2.05) is 0 Å². The molecular formula is C14H13FN2O2. The highest BCUT2D eigenvalue weighted by atomic mass is 19.1. The largest absolute Gasteiger partial charge is 0.467 e. The zero-order valence-electron chi connectivity index (χ0n) is 10.1. The number of furan rings is 1. The molecule has 0 unspecified atom stereocenters. The van der Waals surface area contributed by atoms with E-state index in [1.165, 1.54) is 18.3 Å². The molecule has 0 saturated heterocycles. The van der Waals surface area contributed by atoms with Crippen LogP contribution in [0.5, 0.6) is 0 Å². The number of hydrogen-bond donors (Lipinski definition) is 2. The predicted octanol–water partition coefficient (Wildman–Crippen LogP) is 2.89. The molecular weight excluding hydrogens is 247 g/mol. The Morgan fingerprint density at radius 1 is 1.32 bits per heavy atom. The smallest absolute Gasteiger partial charge is 0.319 e. The van der Waals surface area contributed by atoms with E-state index in [-0.39, 0.29) is 11.8 Å². The number of rotatable bonds is 4. The Balaban J connectivity index is 1.77. The van der Waals surface area contributed by atoms with Crippen LogP contribution in [0.4, 0.5) is 9.18 Å². The number of carbonyl (C=O) groups is 1. The Bertz CT molecular complexity index is 565. The van der Waals surface area contributed by atoms with Crippen molar-refractivity contribution in [1.29, 1.82) is 0 Å². The van der Waals surface area contributed by atoms with Gasteiger partial charge in [-0.1, -0.05) is 12.1 Å². The molecule has 2 N–H and O–H groups in total. The van der Waals surface area contributed by atoms with Crippen LogP contribution in [0.1, 0.15) is 11.3 Å². The Morgan fingerprint density at radius 3 is 2.95 bits per heavy atom. The summed E-state index contributed by atoms with van der Waals surface area (Å²) >= 11 is 0. The molecule has 0 aliphatic heterocycles. The number of carbonyl (C=O) groups excluding carboxylic acids is 1. The van der Waals surface area contributed by atoms with E-state index in [4.69, 9.17) is 4.42 Å². The quantitative estimate of drug-likeness (QED) is 0.888. The van der Waals surface area contributed by atoms with Gasteiger partial charge in [-0.15, -0.1) is 0 Å². The minimum atomic E-state index is -0.357. The summed E-state index contributed by atoms with van der Waals surface area (Å²) in [6, 6.07) is 9.24. The van der Waals surface area contributed by atoms with E-state index in [9.17, 15) is 9.18 Å². The molecule has 0 aliphatic carbocycles. The fraction of sp³-hybridized carbons (Fsp3) is 0.0714. The molecule has 19 heavy (non-hydrogen) atoms. The van der Waals surface area contributed by atoms with E-state index >= 15 is 0 Å². The van der Waals surface area contributed by atoms with Crippen LogP contribution >= 0.6 is 0 Å². The van der Waals surface area contributed by atoms with Crippen molar-refractivity contribution >= 4 is 12.1 Å². The monoisotopic (exact) mass is 260 g/mol. The molecule has 0 atom stereocenters. The third-order valence-electron chi connectivity index (χ3n) is 2.34. The Kier molecular flexibility index (Phi) is 4.34. The van der Waals surface area contributed by atoms with Gasteiger partial charge < -0.3 is 15.1 Å². The van der Waals surface area contributed by atoms with Crippen molar-refractivity contribution in [3.05, 3.63) is 66.0 Å². The van der Waals surface area contributed by atoms with Crippen molar-refractivity contribution < 1.29 is 13.6 Å². The van der Waals surface area contributed by atoms with Gasteiger partial charge in [-0.25, -0.2) is 9.18 Å². The number of hydrogen-bond acceptors (Lipinski definition) is 2. The average molecular weight is 260 g/mol. The third-order valence-corrected chi connectivity index (χ3v) is 2.34. The molecule has 0 aliphatic rings. The lowest BCUT2D eigenvalue weighted by atomic mass is 10.2. The van der Waals surface area contributed by atoms with Crippen LogP contribution in [0, 0.1) is 5.82 Å². The van der Waals surface area contributed by atoms with Gasteiger partial charge in [0.05, 0.1) is 12.8 Å². The fourth-order valence-corrected chi connectivity index (χ4v) is 1.46. The lowest BCUT2D eigenvalue weighted by Crippen LogP contribution is -2.31. The molecule has 2 amide bonds. The van der Waals surface area contributed by atoms with Crippen molar-refractivity contribution in [2.24, 2.45) is 0 Å². The Morgan fingerprint density at radius 2 is 2.21 bits per heavy atom. The van der Waals surface area contributed by atoms with Crippen LogP contribution in [0.3, 0.4) is 0 Å². The molecule has 0 radical (unpaired) electrons. The number of amides is 2. The highest BCUT2D eigenvalue weighted by Gasteiger charge is 1.99. The molecule has 2 rings (SSSR count). The molecule has 4 nitrogen and oxygen atoms in total. The number of halogens is 1. The molecule has 1 aromatic heterocycles. The molecule has 1 heterocycles. The molecule has 0 fully saturated rings. The van der Waals surface area contributed by atoms with E-state index in [0.717, 1.165) is 0 Å². The zero-order valence-corrected chi connectivity index (χ0v) is 10.1. The summed E-state index contributed by atoms with van der Waals surface area (Å²) in [7, 11) is 0. The van der Waals surface area contributed by atoms with Gasteiger partial charge in [-0.05, 0) is 35.9 Å². The number of nitrogens with one attached hydrogen (secondary N) is 2. The summed E-state index contributed by atoms with van der Waals surface area (Å²) < 4.78 is 18.0. The van der Waals surface area contributed by atoms with Gasteiger partial charge in [0.1, 0.15) is 11.6 Å². The lowest BCUT2D eigenvalue weighted by Gasteiger charge is -2.02. The minimum absolute atomic E-state index is 0.312. The second kappa shape index (κ2) is 6.39. The summed E-state index contributed by atoms with van der Waals surface area (Å²) in [6.45, 7) is 0.312. The summed E-state index contributed by atoms with van der Waals surface area (Å²) in [5.41, 5.74) is 0.673. The lowest BCUT2D eigenvalue weighted by molar-refractivity contribution is 0.243. The second-order valence-corrected chi connectivity index (χ2v) is 3.79. The van der Waals surface area contributed by atoms with E-state index in [2.05, 4.69) is 10.6 Å². The van der Waals surface area contributed by atoms with Crippen LogP contribution in [0.2, 0.25) is 0 Å². The SMILES string of the molecule is O=C(N/C=C/c1cccc(F)c1)NCc1ccco1. The van der Waals surface area contributed by atoms with Crippen molar-refractivity contribution in [2.75, 3.05) is 0 Å². The first-order chi connectivity index (χ1) is 9.24. The Hall–Kier alpha value is -2.56. The molecule has 5 heteroatoms.